The topological polar surface area (TPSA) is 50.3 Å². The number of rotatable bonds is 5. The van der Waals surface area contributed by atoms with Gasteiger partial charge in [-0.1, -0.05) is 36.0 Å². The molecule has 24 heavy (non-hydrogen) atoms. The number of fused-ring (bicyclic) bond motifs is 2. The average molecular weight is 354 g/mol. The summed E-state index contributed by atoms with van der Waals surface area (Å²) < 4.78 is 2.21. The number of benzene rings is 2. The Hall–Kier alpha value is -2.18. The van der Waals surface area contributed by atoms with Gasteiger partial charge in [-0.25, -0.2) is 4.98 Å². The molecule has 0 bridgehead atoms. The standard InChI is InChI=1S/C18H14N2O2S2/c21-16-12-6-1-2-7-13(12)17(22)20(16)10-5-11-23-18-19-14-8-3-4-9-15(14)24-18/h1-4,6-9H,5,10-11H2. The zero-order valence-corrected chi connectivity index (χ0v) is 14.4. The minimum atomic E-state index is -0.180. The number of carbonyl (C=O) groups is 2. The number of hydrogen-bond donors (Lipinski definition) is 0. The normalized spacial score (nSPS) is 13.8. The van der Waals surface area contributed by atoms with Gasteiger partial charge >= 0.3 is 0 Å². The molecule has 6 heteroatoms. The van der Waals surface area contributed by atoms with Gasteiger partial charge in [0.2, 0.25) is 0 Å². The van der Waals surface area contributed by atoms with Gasteiger partial charge in [-0.05, 0) is 30.7 Å². The molecule has 1 aromatic heterocycles. The molecule has 0 aliphatic carbocycles. The SMILES string of the molecule is O=C1c2ccccc2C(=O)N1CCCSc1nc2ccccc2s1. The lowest BCUT2D eigenvalue weighted by Gasteiger charge is -2.12. The number of carbonyl (C=O) groups excluding carboxylic acids is 2. The Bertz CT molecular complexity index is 867. The Morgan fingerprint density at radius 1 is 0.958 bits per heavy atom. The van der Waals surface area contributed by atoms with Crippen molar-refractivity contribution in [2.24, 2.45) is 0 Å². The van der Waals surface area contributed by atoms with E-state index in [1.54, 1.807) is 47.4 Å². The van der Waals surface area contributed by atoms with Gasteiger partial charge in [0, 0.05) is 12.3 Å². The van der Waals surface area contributed by atoms with Crippen LogP contribution in [0.4, 0.5) is 0 Å². The van der Waals surface area contributed by atoms with Crippen LogP contribution in [0.15, 0.2) is 52.9 Å². The fraction of sp³-hybridized carbons (Fsp3) is 0.167. The lowest BCUT2D eigenvalue weighted by Crippen LogP contribution is -2.30. The van der Waals surface area contributed by atoms with Crippen LogP contribution in [0, 0.1) is 0 Å². The van der Waals surface area contributed by atoms with E-state index in [1.807, 2.05) is 18.2 Å². The molecule has 0 N–H and O–H groups in total. The van der Waals surface area contributed by atoms with Crippen molar-refractivity contribution in [3.8, 4) is 0 Å². The summed E-state index contributed by atoms with van der Waals surface area (Å²) in [6.45, 7) is 0.449. The number of hydrogen-bond acceptors (Lipinski definition) is 5. The van der Waals surface area contributed by atoms with Gasteiger partial charge in [-0.15, -0.1) is 11.3 Å². The molecule has 0 radical (unpaired) electrons. The summed E-state index contributed by atoms with van der Waals surface area (Å²) in [6.07, 6.45) is 0.756. The van der Waals surface area contributed by atoms with E-state index in [4.69, 9.17) is 0 Å². The van der Waals surface area contributed by atoms with Crippen LogP contribution in [0.3, 0.4) is 0 Å². The maximum absolute atomic E-state index is 12.3. The fourth-order valence-corrected chi connectivity index (χ4v) is 4.80. The molecule has 2 aromatic carbocycles. The highest BCUT2D eigenvalue weighted by atomic mass is 32.2. The second-order valence-corrected chi connectivity index (χ2v) is 7.83. The first-order chi connectivity index (χ1) is 11.7. The lowest BCUT2D eigenvalue weighted by molar-refractivity contribution is 0.0655. The van der Waals surface area contributed by atoms with Crippen LogP contribution in [0.5, 0.6) is 0 Å². The predicted molar refractivity (Wildman–Crippen MR) is 96.8 cm³/mol. The Morgan fingerprint density at radius 3 is 2.33 bits per heavy atom. The zero-order chi connectivity index (χ0) is 16.5. The van der Waals surface area contributed by atoms with Crippen molar-refractivity contribution in [2.75, 3.05) is 12.3 Å². The summed E-state index contributed by atoms with van der Waals surface area (Å²) in [5, 5.41) is 0. The molecule has 0 unspecified atom stereocenters. The third-order valence-electron chi connectivity index (χ3n) is 3.90. The number of aromatic nitrogens is 1. The summed E-state index contributed by atoms with van der Waals surface area (Å²) in [6, 6.07) is 15.1. The van der Waals surface area contributed by atoms with Crippen LogP contribution in [-0.2, 0) is 0 Å². The van der Waals surface area contributed by atoms with Crippen molar-refractivity contribution in [3.05, 3.63) is 59.7 Å². The molecule has 3 aromatic rings. The molecule has 2 heterocycles. The van der Waals surface area contributed by atoms with E-state index in [-0.39, 0.29) is 11.8 Å². The maximum Gasteiger partial charge on any atom is 0.261 e. The van der Waals surface area contributed by atoms with Crippen molar-refractivity contribution in [1.29, 1.82) is 0 Å². The molecule has 4 nitrogen and oxygen atoms in total. The first-order valence-corrected chi connectivity index (χ1v) is 9.48. The smallest absolute Gasteiger partial charge is 0.261 e. The van der Waals surface area contributed by atoms with E-state index in [1.165, 1.54) is 9.60 Å². The minimum absolute atomic E-state index is 0.180. The van der Waals surface area contributed by atoms with Gasteiger partial charge in [-0.3, -0.25) is 14.5 Å². The summed E-state index contributed by atoms with van der Waals surface area (Å²) in [5.74, 6) is 0.467. The number of para-hydroxylation sites is 1. The minimum Gasteiger partial charge on any atom is -0.274 e. The van der Waals surface area contributed by atoms with Gasteiger partial charge in [0.15, 0.2) is 4.34 Å². The molecule has 0 spiro atoms. The Labute approximate surface area is 147 Å². The number of nitrogens with zero attached hydrogens (tertiary/aromatic N) is 2. The molecule has 0 fully saturated rings. The van der Waals surface area contributed by atoms with Crippen LogP contribution in [0.25, 0.3) is 10.2 Å². The summed E-state index contributed by atoms with van der Waals surface area (Å²) in [4.78, 5) is 30.5. The molecule has 1 aliphatic rings. The van der Waals surface area contributed by atoms with E-state index in [2.05, 4.69) is 11.1 Å². The van der Waals surface area contributed by atoms with E-state index >= 15 is 0 Å². The quantitative estimate of drug-likeness (QED) is 0.394. The van der Waals surface area contributed by atoms with Gasteiger partial charge in [0.1, 0.15) is 0 Å². The zero-order valence-electron chi connectivity index (χ0n) is 12.8. The monoisotopic (exact) mass is 354 g/mol. The number of thiazole rings is 1. The molecule has 2 amide bonds. The summed E-state index contributed by atoms with van der Waals surface area (Å²) in [7, 11) is 0. The molecule has 0 atom stereocenters. The van der Waals surface area contributed by atoms with E-state index in [0.717, 1.165) is 22.0 Å². The van der Waals surface area contributed by atoms with Crippen molar-refractivity contribution in [3.63, 3.8) is 0 Å². The van der Waals surface area contributed by atoms with Crippen LogP contribution in [0.2, 0.25) is 0 Å². The molecule has 0 saturated carbocycles. The van der Waals surface area contributed by atoms with Crippen LogP contribution < -0.4 is 0 Å². The largest absolute Gasteiger partial charge is 0.274 e. The van der Waals surface area contributed by atoms with Crippen molar-refractivity contribution < 1.29 is 9.59 Å². The van der Waals surface area contributed by atoms with Crippen LogP contribution in [0.1, 0.15) is 27.1 Å². The molecule has 0 saturated heterocycles. The number of thioether (sulfide) groups is 1. The van der Waals surface area contributed by atoms with Crippen LogP contribution >= 0.6 is 23.1 Å². The number of amides is 2. The summed E-state index contributed by atoms with van der Waals surface area (Å²) in [5.41, 5.74) is 2.05. The van der Waals surface area contributed by atoms with Gasteiger partial charge in [0.05, 0.1) is 21.3 Å². The second-order valence-electron chi connectivity index (χ2n) is 5.46. The fourth-order valence-electron chi connectivity index (χ4n) is 2.74. The highest BCUT2D eigenvalue weighted by Gasteiger charge is 2.34. The Kier molecular flexibility index (Phi) is 4.08. The first kappa shape index (κ1) is 15.4. The predicted octanol–water partition coefficient (Wildman–Crippen LogP) is 4.07. The van der Waals surface area contributed by atoms with Crippen molar-refractivity contribution >= 4 is 45.1 Å². The molecule has 1 aliphatic heterocycles. The van der Waals surface area contributed by atoms with Crippen molar-refractivity contribution in [2.45, 2.75) is 10.8 Å². The van der Waals surface area contributed by atoms with E-state index in [9.17, 15) is 9.59 Å². The average Bonchev–Trinajstić information content (AvgIpc) is 3.13. The maximum atomic E-state index is 12.3. The molecule has 120 valence electrons. The second kappa shape index (κ2) is 6.37. The lowest BCUT2D eigenvalue weighted by atomic mass is 10.1. The van der Waals surface area contributed by atoms with Gasteiger partial charge in [0.25, 0.3) is 11.8 Å². The third kappa shape index (κ3) is 2.72. The summed E-state index contributed by atoms with van der Waals surface area (Å²) >= 11 is 3.35. The first-order valence-electron chi connectivity index (χ1n) is 7.67. The molecular weight excluding hydrogens is 340 g/mol. The highest BCUT2D eigenvalue weighted by molar-refractivity contribution is 8.01. The van der Waals surface area contributed by atoms with Gasteiger partial charge in [-0.2, -0.15) is 0 Å². The molecular formula is C18H14N2O2S2. The Balaban J connectivity index is 1.35. The van der Waals surface area contributed by atoms with Crippen molar-refractivity contribution in [1.82, 2.24) is 9.88 Å². The Morgan fingerprint density at radius 2 is 1.62 bits per heavy atom. The van der Waals surface area contributed by atoms with E-state index < -0.39 is 0 Å². The number of imide groups is 1. The van der Waals surface area contributed by atoms with Crippen LogP contribution in [-0.4, -0.2) is 34.0 Å². The molecule has 4 rings (SSSR count). The van der Waals surface area contributed by atoms with E-state index in [0.29, 0.717) is 17.7 Å². The van der Waals surface area contributed by atoms with Gasteiger partial charge < -0.3 is 0 Å². The third-order valence-corrected chi connectivity index (χ3v) is 6.17. The highest BCUT2D eigenvalue weighted by Crippen LogP contribution is 2.30.